The van der Waals surface area contributed by atoms with Crippen molar-refractivity contribution in [2.75, 3.05) is 11.1 Å². The van der Waals surface area contributed by atoms with Crippen molar-refractivity contribution >= 4 is 52.1 Å². The maximum atomic E-state index is 12.3. The number of carbonyl (C=O) groups is 2. The summed E-state index contributed by atoms with van der Waals surface area (Å²) in [5.74, 6) is 0.0819. The van der Waals surface area contributed by atoms with Gasteiger partial charge in [0.15, 0.2) is 10.1 Å². The lowest BCUT2D eigenvalue weighted by Crippen LogP contribution is -2.04. The lowest BCUT2D eigenvalue weighted by atomic mass is 10.1. The van der Waals surface area contributed by atoms with Gasteiger partial charge < -0.3 is 5.32 Å². The van der Waals surface area contributed by atoms with E-state index in [1.54, 1.807) is 12.1 Å². The molecule has 0 aliphatic carbocycles. The van der Waals surface area contributed by atoms with Gasteiger partial charge in [-0.2, -0.15) is 0 Å². The van der Waals surface area contributed by atoms with Crippen LogP contribution in [0.25, 0.3) is 0 Å². The number of thioether (sulfide) groups is 1. The molecule has 1 aliphatic heterocycles. The number of fused-ring (bicyclic) bond motifs is 1. The molecule has 1 aliphatic rings. The lowest BCUT2D eigenvalue weighted by molar-refractivity contribution is -0.115. The first-order valence-corrected chi connectivity index (χ1v) is 8.29. The second-order valence-electron chi connectivity index (χ2n) is 4.51. The van der Waals surface area contributed by atoms with Gasteiger partial charge in [-0.3, -0.25) is 9.59 Å². The molecule has 0 unspecified atom stereocenters. The van der Waals surface area contributed by atoms with Crippen molar-refractivity contribution in [2.24, 2.45) is 0 Å². The summed E-state index contributed by atoms with van der Waals surface area (Å²) in [6, 6.07) is 3.33. The SMILES string of the molecule is Cc1nnc(SCC(=O)c2cc3c(cc2Cl)NC(=O)C3)s1. The third kappa shape index (κ3) is 3.09. The third-order valence-electron chi connectivity index (χ3n) is 2.95. The molecule has 0 saturated heterocycles. The van der Waals surface area contributed by atoms with Crippen LogP contribution in [0.1, 0.15) is 20.9 Å². The van der Waals surface area contributed by atoms with Crippen molar-refractivity contribution in [3.8, 4) is 0 Å². The van der Waals surface area contributed by atoms with Crippen LogP contribution in [0.2, 0.25) is 5.02 Å². The summed E-state index contributed by atoms with van der Waals surface area (Å²) >= 11 is 8.92. The summed E-state index contributed by atoms with van der Waals surface area (Å²) in [4.78, 5) is 23.6. The van der Waals surface area contributed by atoms with Gasteiger partial charge in [-0.1, -0.05) is 34.7 Å². The minimum Gasteiger partial charge on any atom is -0.325 e. The number of hydrogen-bond donors (Lipinski definition) is 1. The summed E-state index contributed by atoms with van der Waals surface area (Å²) in [5, 5.41) is 11.8. The number of Topliss-reactive ketones (excluding diaryl/α,β-unsaturated/α-hetero) is 1. The van der Waals surface area contributed by atoms with Crippen LogP contribution in [-0.4, -0.2) is 27.6 Å². The topological polar surface area (TPSA) is 72.0 Å². The Balaban J connectivity index is 1.76. The molecule has 0 atom stereocenters. The largest absolute Gasteiger partial charge is 0.325 e. The normalized spacial score (nSPS) is 13.1. The second-order valence-corrected chi connectivity index (χ2v) is 7.32. The van der Waals surface area contributed by atoms with Crippen molar-refractivity contribution in [3.05, 3.63) is 33.3 Å². The van der Waals surface area contributed by atoms with Gasteiger partial charge in [0.1, 0.15) is 5.01 Å². The van der Waals surface area contributed by atoms with Crippen LogP contribution in [-0.2, 0) is 11.2 Å². The van der Waals surface area contributed by atoms with Gasteiger partial charge in [-0.15, -0.1) is 10.2 Å². The zero-order valence-corrected chi connectivity index (χ0v) is 13.4. The molecule has 1 N–H and O–H groups in total. The molecule has 0 bridgehead atoms. The number of aryl methyl sites for hydroxylation is 1. The smallest absolute Gasteiger partial charge is 0.228 e. The van der Waals surface area contributed by atoms with E-state index in [2.05, 4.69) is 15.5 Å². The number of amides is 1. The fourth-order valence-corrected chi connectivity index (χ4v) is 3.97. The first-order chi connectivity index (χ1) is 10.0. The highest BCUT2D eigenvalue weighted by atomic mass is 35.5. The van der Waals surface area contributed by atoms with E-state index in [9.17, 15) is 9.59 Å². The zero-order chi connectivity index (χ0) is 15.0. The molecule has 8 heteroatoms. The number of ketones is 1. The quantitative estimate of drug-likeness (QED) is 0.685. The molecule has 1 aromatic carbocycles. The van der Waals surface area contributed by atoms with E-state index in [0.29, 0.717) is 16.3 Å². The number of anilines is 1. The van der Waals surface area contributed by atoms with E-state index in [0.717, 1.165) is 14.9 Å². The van der Waals surface area contributed by atoms with Crippen molar-refractivity contribution in [1.82, 2.24) is 10.2 Å². The minimum atomic E-state index is -0.0833. The molecule has 5 nitrogen and oxygen atoms in total. The number of halogens is 1. The summed E-state index contributed by atoms with van der Waals surface area (Å²) in [6.45, 7) is 1.87. The Morgan fingerprint density at radius 1 is 1.48 bits per heavy atom. The molecule has 2 aromatic rings. The monoisotopic (exact) mass is 339 g/mol. The van der Waals surface area contributed by atoms with E-state index in [-0.39, 0.29) is 23.9 Å². The molecule has 2 heterocycles. The molecule has 0 spiro atoms. The van der Waals surface area contributed by atoms with Crippen LogP contribution in [0.5, 0.6) is 0 Å². The molecule has 1 aromatic heterocycles. The molecule has 108 valence electrons. The van der Waals surface area contributed by atoms with Gasteiger partial charge in [-0.25, -0.2) is 0 Å². The van der Waals surface area contributed by atoms with Crippen molar-refractivity contribution in [1.29, 1.82) is 0 Å². The van der Waals surface area contributed by atoms with Crippen LogP contribution in [0.15, 0.2) is 16.5 Å². The van der Waals surface area contributed by atoms with E-state index in [1.807, 2.05) is 6.92 Å². The molecule has 0 fully saturated rings. The average molecular weight is 340 g/mol. The number of rotatable bonds is 4. The van der Waals surface area contributed by atoms with Crippen LogP contribution in [0.4, 0.5) is 5.69 Å². The highest BCUT2D eigenvalue weighted by molar-refractivity contribution is 8.01. The summed E-state index contributed by atoms with van der Waals surface area (Å²) in [5.41, 5.74) is 1.94. The van der Waals surface area contributed by atoms with Gasteiger partial charge in [0, 0.05) is 11.3 Å². The first kappa shape index (κ1) is 14.5. The highest BCUT2D eigenvalue weighted by Crippen LogP contribution is 2.31. The number of nitrogens with one attached hydrogen (secondary N) is 1. The predicted molar refractivity (Wildman–Crippen MR) is 83.5 cm³/mol. The maximum absolute atomic E-state index is 12.3. The van der Waals surface area contributed by atoms with Gasteiger partial charge in [0.2, 0.25) is 5.91 Å². The molecule has 21 heavy (non-hydrogen) atoms. The Kier molecular flexibility index (Phi) is 3.97. The first-order valence-electron chi connectivity index (χ1n) is 6.11. The van der Waals surface area contributed by atoms with Crippen LogP contribution in [0.3, 0.4) is 0 Å². The fraction of sp³-hybridized carbons (Fsp3) is 0.231. The number of carbonyl (C=O) groups excluding carboxylic acids is 2. The van der Waals surface area contributed by atoms with E-state index < -0.39 is 0 Å². The zero-order valence-electron chi connectivity index (χ0n) is 11.0. The molecular formula is C13H10ClN3O2S2. The third-order valence-corrected chi connectivity index (χ3v) is 5.24. The van der Waals surface area contributed by atoms with E-state index in [4.69, 9.17) is 11.6 Å². The van der Waals surface area contributed by atoms with Gasteiger partial charge in [-0.05, 0) is 24.6 Å². The predicted octanol–water partition coefficient (Wildman–Crippen LogP) is 2.97. The van der Waals surface area contributed by atoms with Gasteiger partial charge >= 0.3 is 0 Å². The number of benzene rings is 1. The van der Waals surface area contributed by atoms with Gasteiger partial charge in [0.25, 0.3) is 0 Å². The van der Waals surface area contributed by atoms with Crippen molar-refractivity contribution in [2.45, 2.75) is 17.7 Å². The molecule has 3 rings (SSSR count). The Bertz CT molecular complexity index is 745. The van der Waals surface area contributed by atoms with Crippen molar-refractivity contribution < 1.29 is 9.59 Å². The fourth-order valence-electron chi connectivity index (χ4n) is 2.00. The van der Waals surface area contributed by atoms with Crippen LogP contribution in [0, 0.1) is 6.92 Å². The lowest BCUT2D eigenvalue weighted by Gasteiger charge is -2.06. The second kappa shape index (κ2) is 5.75. The Hall–Kier alpha value is -1.44. The maximum Gasteiger partial charge on any atom is 0.228 e. The van der Waals surface area contributed by atoms with Gasteiger partial charge in [0.05, 0.1) is 17.2 Å². The highest BCUT2D eigenvalue weighted by Gasteiger charge is 2.22. The van der Waals surface area contributed by atoms with Crippen molar-refractivity contribution in [3.63, 3.8) is 0 Å². The standard InChI is InChI=1S/C13H10ClN3O2S2/c1-6-16-17-13(21-6)20-5-11(18)8-2-7-3-12(19)15-10(7)4-9(8)14/h2,4H,3,5H2,1H3,(H,15,19). The summed E-state index contributed by atoms with van der Waals surface area (Å²) < 4.78 is 0.759. The Morgan fingerprint density at radius 2 is 2.29 bits per heavy atom. The molecule has 0 radical (unpaired) electrons. The minimum absolute atomic E-state index is 0.0793. The van der Waals surface area contributed by atoms with Crippen LogP contribution < -0.4 is 5.32 Å². The Morgan fingerprint density at radius 3 is 3.00 bits per heavy atom. The number of aromatic nitrogens is 2. The summed E-state index contributed by atoms with van der Waals surface area (Å²) in [6.07, 6.45) is 0.287. The van der Waals surface area contributed by atoms with E-state index >= 15 is 0 Å². The number of hydrogen-bond acceptors (Lipinski definition) is 6. The Labute approximate surface area is 134 Å². The average Bonchev–Trinajstić information content (AvgIpc) is 2.99. The number of nitrogens with zero attached hydrogens (tertiary/aromatic N) is 2. The summed E-state index contributed by atoms with van der Waals surface area (Å²) in [7, 11) is 0. The van der Waals surface area contributed by atoms with E-state index in [1.165, 1.54) is 23.1 Å². The molecule has 1 amide bonds. The molecule has 0 saturated carbocycles. The molecular weight excluding hydrogens is 330 g/mol. The van der Waals surface area contributed by atoms with Crippen LogP contribution >= 0.6 is 34.7 Å².